The summed E-state index contributed by atoms with van der Waals surface area (Å²) in [7, 11) is 0. The SMILES string of the molecule is Cc1cccc(N2CCN(CC(=O)NC(C)c3ccccc3)CC2)c1C. The number of anilines is 1. The Labute approximate surface area is 156 Å². The molecule has 1 saturated heterocycles. The summed E-state index contributed by atoms with van der Waals surface area (Å²) in [5.41, 5.74) is 5.15. The molecule has 1 aliphatic heterocycles. The number of rotatable bonds is 5. The minimum Gasteiger partial charge on any atom is -0.369 e. The first-order chi connectivity index (χ1) is 12.5. The lowest BCUT2D eigenvalue weighted by molar-refractivity contribution is -0.123. The maximum absolute atomic E-state index is 12.4. The highest BCUT2D eigenvalue weighted by Crippen LogP contribution is 2.23. The van der Waals surface area contributed by atoms with Gasteiger partial charge in [0.15, 0.2) is 0 Å². The minimum atomic E-state index is 0.0416. The largest absolute Gasteiger partial charge is 0.369 e. The number of benzene rings is 2. The van der Waals surface area contributed by atoms with Crippen molar-refractivity contribution >= 4 is 11.6 Å². The molecule has 0 saturated carbocycles. The van der Waals surface area contributed by atoms with Gasteiger partial charge in [0.1, 0.15) is 0 Å². The summed E-state index contributed by atoms with van der Waals surface area (Å²) in [5, 5.41) is 3.11. The number of piperazine rings is 1. The van der Waals surface area contributed by atoms with Gasteiger partial charge in [0, 0.05) is 31.9 Å². The number of hydrogen-bond acceptors (Lipinski definition) is 3. The molecule has 2 aromatic rings. The fourth-order valence-electron chi connectivity index (χ4n) is 3.54. The molecule has 0 aromatic heterocycles. The standard InChI is InChI=1S/C22H29N3O/c1-17-8-7-11-21(18(17)2)25-14-12-24(13-15-25)16-22(26)23-19(3)20-9-5-4-6-10-20/h4-11,19H,12-16H2,1-3H3,(H,23,26). The van der Waals surface area contributed by atoms with Crippen LogP contribution in [-0.2, 0) is 4.79 Å². The number of aryl methyl sites for hydroxylation is 1. The highest BCUT2D eigenvalue weighted by atomic mass is 16.2. The predicted octanol–water partition coefficient (Wildman–Crippen LogP) is 3.30. The van der Waals surface area contributed by atoms with Gasteiger partial charge in [0.25, 0.3) is 0 Å². The van der Waals surface area contributed by atoms with Gasteiger partial charge in [-0.1, -0.05) is 42.5 Å². The summed E-state index contributed by atoms with van der Waals surface area (Å²) < 4.78 is 0. The quantitative estimate of drug-likeness (QED) is 0.898. The summed E-state index contributed by atoms with van der Waals surface area (Å²) in [6.45, 7) is 10.6. The van der Waals surface area contributed by atoms with E-state index in [4.69, 9.17) is 0 Å². The van der Waals surface area contributed by atoms with E-state index in [-0.39, 0.29) is 11.9 Å². The van der Waals surface area contributed by atoms with E-state index in [1.165, 1.54) is 16.8 Å². The van der Waals surface area contributed by atoms with Crippen molar-refractivity contribution in [3.05, 3.63) is 65.2 Å². The summed E-state index contributed by atoms with van der Waals surface area (Å²) in [6.07, 6.45) is 0. The molecule has 2 aromatic carbocycles. The third kappa shape index (κ3) is 4.44. The molecule has 1 atom stereocenters. The number of nitrogens with one attached hydrogen (secondary N) is 1. The molecule has 0 radical (unpaired) electrons. The molecule has 4 heteroatoms. The van der Waals surface area contributed by atoms with Crippen molar-refractivity contribution in [3.8, 4) is 0 Å². The van der Waals surface area contributed by atoms with Crippen LogP contribution in [0.3, 0.4) is 0 Å². The van der Waals surface area contributed by atoms with Crippen LogP contribution in [-0.4, -0.2) is 43.5 Å². The van der Waals surface area contributed by atoms with E-state index in [2.05, 4.69) is 47.2 Å². The molecule has 4 nitrogen and oxygen atoms in total. The highest BCUT2D eigenvalue weighted by Gasteiger charge is 2.21. The van der Waals surface area contributed by atoms with E-state index < -0.39 is 0 Å². The van der Waals surface area contributed by atoms with E-state index in [0.717, 1.165) is 31.7 Å². The number of amides is 1. The number of carbonyl (C=O) groups excluding carboxylic acids is 1. The molecule has 1 aliphatic rings. The number of carbonyl (C=O) groups is 1. The van der Waals surface area contributed by atoms with Crippen molar-refractivity contribution < 1.29 is 4.79 Å². The fourth-order valence-corrected chi connectivity index (χ4v) is 3.54. The molecule has 138 valence electrons. The normalized spacial score (nSPS) is 16.3. The van der Waals surface area contributed by atoms with Gasteiger partial charge in [0.05, 0.1) is 12.6 Å². The molecule has 1 N–H and O–H groups in total. The Bertz CT molecular complexity index is 736. The third-order valence-electron chi connectivity index (χ3n) is 5.33. The van der Waals surface area contributed by atoms with Gasteiger partial charge >= 0.3 is 0 Å². The summed E-state index contributed by atoms with van der Waals surface area (Å²) in [6, 6.07) is 16.6. The lowest BCUT2D eigenvalue weighted by atomic mass is 10.1. The Balaban J connectivity index is 1.49. The van der Waals surface area contributed by atoms with Crippen LogP contribution in [0.1, 0.15) is 29.7 Å². The fraction of sp³-hybridized carbons (Fsp3) is 0.409. The molecule has 0 aliphatic carbocycles. The van der Waals surface area contributed by atoms with E-state index in [9.17, 15) is 4.79 Å². The summed E-state index contributed by atoms with van der Waals surface area (Å²) in [5.74, 6) is 0.0986. The monoisotopic (exact) mass is 351 g/mol. The Morgan fingerprint density at radius 2 is 1.69 bits per heavy atom. The van der Waals surface area contributed by atoms with Crippen LogP contribution in [0, 0.1) is 13.8 Å². The Hall–Kier alpha value is -2.33. The average molecular weight is 351 g/mol. The van der Waals surface area contributed by atoms with E-state index >= 15 is 0 Å². The van der Waals surface area contributed by atoms with Crippen LogP contribution in [0.15, 0.2) is 48.5 Å². The molecule has 26 heavy (non-hydrogen) atoms. The van der Waals surface area contributed by atoms with Crippen molar-refractivity contribution in [2.75, 3.05) is 37.6 Å². The van der Waals surface area contributed by atoms with Gasteiger partial charge in [-0.15, -0.1) is 0 Å². The molecule has 0 bridgehead atoms. The molecule has 0 spiro atoms. The first-order valence-corrected chi connectivity index (χ1v) is 9.42. The zero-order valence-corrected chi connectivity index (χ0v) is 16.0. The van der Waals surface area contributed by atoms with Crippen molar-refractivity contribution in [1.29, 1.82) is 0 Å². The smallest absolute Gasteiger partial charge is 0.234 e. The lowest BCUT2D eigenvalue weighted by Crippen LogP contribution is -2.49. The molecule has 1 fully saturated rings. The van der Waals surface area contributed by atoms with Gasteiger partial charge in [-0.05, 0) is 43.5 Å². The Morgan fingerprint density at radius 1 is 1.00 bits per heavy atom. The van der Waals surface area contributed by atoms with E-state index in [1.54, 1.807) is 0 Å². The van der Waals surface area contributed by atoms with Crippen LogP contribution < -0.4 is 10.2 Å². The van der Waals surface area contributed by atoms with Crippen LogP contribution in [0.25, 0.3) is 0 Å². The second kappa shape index (κ2) is 8.37. The van der Waals surface area contributed by atoms with Crippen LogP contribution in [0.4, 0.5) is 5.69 Å². The molecule has 1 heterocycles. The van der Waals surface area contributed by atoms with Crippen LogP contribution in [0.5, 0.6) is 0 Å². The maximum atomic E-state index is 12.4. The van der Waals surface area contributed by atoms with Gasteiger partial charge in [-0.3, -0.25) is 9.69 Å². The number of hydrogen-bond donors (Lipinski definition) is 1. The topological polar surface area (TPSA) is 35.6 Å². The van der Waals surface area contributed by atoms with Crippen LogP contribution >= 0.6 is 0 Å². The maximum Gasteiger partial charge on any atom is 0.234 e. The zero-order valence-electron chi connectivity index (χ0n) is 16.0. The number of nitrogens with zero attached hydrogens (tertiary/aromatic N) is 2. The minimum absolute atomic E-state index is 0.0416. The van der Waals surface area contributed by atoms with Gasteiger partial charge in [0.2, 0.25) is 5.91 Å². The second-order valence-electron chi connectivity index (χ2n) is 7.18. The van der Waals surface area contributed by atoms with Crippen LogP contribution in [0.2, 0.25) is 0 Å². The summed E-state index contributed by atoms with van der Waals surface area (Å²) in [4.78, 5) is 17.1. The van der Waals surface area contributed by atoms with Crippen molar-refractivity contribution in [2.24, 2.45) is 0 Å². The molecular weight excluding hydrogens is 322 g/mol. The van der Waals surface area contributed by atoms with E-state index in [1.807, 2.05) is 37.3 Å². The first-order valence-electron chi connectivity index (χ1n) is 9.42. The average Bonchev–Trinajstić information content (AvgIpc) is 2.65. The zero-order chi connectivity index (χ0) is 18.5. The van der Waals surface area contributed by atoms with Gasteiger partial charge in [-0.2, -0.15) is 0 Å². The summed E-state index contributed by atoms with van der Waals surface area (Å²) >= 11 is 0. The molecular formula is C22H29N3O. The Kier molecular flexibility index (Phi) is 5.94. The highest BCUT2D eigenvalue weighted by molar-refractivity contribution is 5.78. The molecule has 1 unspecified atom stereocenters. The van der Waals surface area contributed by atoms with Gasteiger partial charge in [-0.25, -0.2) is 0 Å². The predicted molar refractivity (Wildman–Crippen MR) is 108 cm³/mol. The lowest BCUT2D eigenvalue weighted by Gasteiger charge is -2.36. The third-order valence-corrected chi connectivity index (χ3v) is 5.33. The van der Waals surface area contributed by atoms with Crippen molar-refractivity contribution in [3.63, 3.8) is 0 Å². The second-order valence-corrected chi connectivity index (χ2v) is 7.18. The van der Waals surface area contributed by atoms with Crippen molar-refractivity contribution in [1.82, 2.24) is 10.2 Å². The van der Waals surface area contributed by atoms with Crippen molar-refractivity contribution in [2.45, 2.75) is 26.8 Å². The Morgan fingerprint density at radius 3 is 2.38 bits per heavy atom. The van der Waals surface area contributed by atoms with Gasteiger partial charge < -0.3 is 10.2 Å². The van der Waals surface area contributed by atoms with E-state index in [0.29, 0.717) is 6.54 Å². The molecule has 1 amide bonds. The first kappa shape index (κ1) is 18.5. The molecule has 3 rings (SSSR count).